The van der Waals surface area contributed by atoms with Crippen molar-refractivity contribution < 1.29 is 22.7 Å². The number of rotatable bonds is 8. The van der Waals surface area contributed by atoms with Crippen LogP contribution < -0.4 is 10.0 Å². The van der Waals surface area contributed by atoms with Crippen LogP contribution in [0.1, 0.15) is 18.1 Å². The molecule has 0 saturated heterocycles. The van der Waals surface area contributed by atoms with Crippen LogP contribution in [0.5, 0.6) is 0 Å². The molecule has 0 fully saturated rings. The van der Waals surface area contributed by atoms with Crippen LogP contribution in [0.3, 0.4) is 0 Å². The van der Waals surface area contributed by atoms with E-state index >= 15 is 0 Å². The Labute approximate surface area is 148 Å². The zero-order valence-corrected chi connectivity index (χ0v) is 15.8. The number of nitrogens with one attached hydrogen (secondary N) is 2. The van der Waals surface area contributed by atoms with Crippen molar-refractivity contribution in [1.82, 2.24) is 14.9 Å². The monoisotopic (exact) mass is 371 g/mol. The fraction of sp³-hybridized carbons (Fsp3) is 0.500. The molecule has 0 aromatic heterocycles. The highest BCUT2D eigenvalue weighted by Gasteiger charge is 2.17. The molecule has 0 aliphatic rings. The van der Waals surface area contributed by atoms with E-state index in [1.807, 2.05) is 13.0 Å². The summed E-state index contributed by atoms with van der Waals surface area (Å²) in [4.78, 5) is 24.5. The van der Waals surface area contributed by atoms with Gasteiger partial charge in [-0.2, -0.15) is 0 Å². The third kappa shape index (κ3) is 6.71. The van der Waals surface area contributed by atoms with E-state index in [0.29, 0.717) is 5.56 Å². The van der Waals surface area contributed by atoms with Crippen molar-refractivity contribution in [3.05, 3.63) is 29.3 Å². The number of carbonyl (C=O) groups is 2. The van der Waals surface area contributed by atoms with Crippen molar-refractivity contribution in [2.45, 2.75) is 25.7 Å². The summed E-state index contributed by atoms with van der Waals surface area (Å²) in [6.07, 6.45) is -0.590. The van der Waals surface area contributed by atoms with Crippen LogP contribution in [-0.4, -0.2) is 58.6 Å². The van der Waals surface area contributed by atoms with Crippen LogP contribution in [0.2, 0.25) is 0 Å². The van der Waals surface area contributed by atoms with E-state index in [-0.39, 0.29) is 31.1 Å². The maximum absolute atomic E-state index is 12.3. The fourth-order valence-corrected chi connectivity index (χ4v) is 3.39. The number of aryl methyl sites for hydroxylation is 2. The number of hydrogen-bond donors (Lipinski definition) is 2. The molecule has 1 aromatic rings. The Morgan fingerprint density at radius 2 is 1.88 bits per heavy atom. The van der Waals surface area contributed by atoms with Gasteiger partial charge in [-0.05, 0) is 38.0 Å². The summed E-state index contributed by atoms with van der Waals surface area (Å²) in [5.74, 6) is -0.401. The van der Waals surface area contributed by atoms with Gasteiger partial charge in [0, 0.05) is 20.1 Å². The van der Waals surface area contributed by atoms with Gasteiger partial charge in [0.15, 0.2) is 0 Å². The molecule has 0 heterocycles. The fourth-order valence-electron chi connectivity index (χ4n) is 2.03. The number of sulfonamides is 1. The summed E-state index contributed by atoms with van der Waals surface area (Å²) in [5, 5.41) is 2.55. The lowest BCUT2D eigenvalue weighted by Gasteiger charge is -2.16. The molecule has 0 saturated carbocycles. The Balaban J connectivity index is 2.45. The molecule has 0 radical (unpaired) electrons. The van der Waals surface area contributed by atoms with Gasteiger partial charge in [-0.15, -0.1) is 0 Å². The minimum Gasteiger partial charge on any atom is -0.450 e. The van der Waals surface area contributed by atoms with Crippen molar-refractivity contribution >= 4 is 22.0 Å². The third-order valence-corrected chi connectivity index (χ3v) is 4.94. The molecule has 0 aliphatic heterocycles. The maximum atomic E-state index is 12.3. The van der Waals surface area contributed by atoms with E-state index in [1.165, 1.54) is 7.05 Å². The van der Waals surface area contributed by atoms with Crippen molar-refractivity contribution in [3.63, 3.8) is 0 Å². The second kappa shape index (κ2) is 9.38. The molecular formula is C16H25N3O5S. The predicted molar refractivity (Wildman–Crippen MR) is 93.8 cm³/mol. The van der Waals surface area contributed by atoms with Crippen molar-refractivity contribution in [1.29, 1.82) is 0 Å². The van der Waals surface area contributed by atoms with Gasteiger partial charge in [0.05, 0.1) is 11.5 Å². The Kier molecular flexibility index (Phi) is 7.85. The average molecular weight is 371 g/mol. The summed E-state index contributed by atoms with van der Waals surface area (Å²) < 4.78 is 31.8. The topological polar surface area (TPSA) is 105 Å². The summed E-state index contributed by atoms with van der Waals surface area (Å²) in [6.45, 7) is 5.44. The maximum Gasteiger partial charge on any atom is 0.409 e. The minimum atomic E-state index is -3.64. The zero-order chi connectivity index (χ0) is 19.0. The van der Waals surface area contributed by atoms with Gasteiger partial charge in [-0.1, -0.05) is 12.1 Å². The van der Waals surface area contributed by atoms with Gasteiger partial charge < -0.3 is 15.0 Å². The lowest BCUT2D eigenvalue weighted by atomic mass is 10.2. The van der Waals surface area contributed by atoms with Crippen LogP contribution in [-0.2, 0) is 19.6 Å². The number of ether oxygens (including phenoxy) is 1. The number of carbonyl (C=O) groups excluding carboxylic acids is 2. The first-order valence-corrected chi connectivity index (χ1v) is 9.37. The molecule has 25 heavy (non-hydrogen) atoms. The smallest absolute Gasteiger partial charge is 0.409 e. The van der Waals surface area contributed by atoms with E-state index in [0.717, 1.165) is 10.5 Å². The normalized spacial score (nSPS) is 11.0. The molecule has 8 nitrogen and oxygen atoms in total. The van der Waals surface area contributed by atoms with Crippen molar-refractivity contribution in [2.75, 3.05) is 33.3 Å². The number of hydrogen-bond acceptors (Lipinski definition) is 5. The Morgan fingerprint density at radius 3 is 2.52 bits per heavy atom. The van der Waals surface area contributed by atoms with Crippen LogP contribution in [0, 0.1) is 13.8 Å². The number of likely N-dealkylation sites (N-methyl/N-ethyl adjacent to an activating group) is 1. The standard InChI is InChI=1S/C16H25N3O5S/c1-5-24-16(21)19(4)11-15(20)17-8-9-18-25(22,23)14-10-12(2)6-7-13(14)3/h6-7,10,18H,5,8-9,11H2,1-4H3,(H,17,20). The lowest BCUT2D eigenvalue weighted by Crippen LogP contribution is -2.41. The first-order chi connectivity index (χ1) is 11.7. The predicted octanol–water partition coefficient (Wildman–Crippen LogP) is 0.786. The highest BCUT2D eigenvalue weighted by atomic mass is 32.2. The third-order valence-electron chi connectivity index (χ3n) is 3.33. The molecule has 0 atom stereocenters. The Morgan fingerprint density at radius 1 is 1.20 bits per heavy atom. The second-order valence-electron chi connectivity index (χ2n) is 5.57. The molecular weight excluding hydrogens is 346 g/mol. The number of amides is 2. The van der Waals surface area contributed by atoms with E-state index in [4.69, 9.17) is 4.74 Å². The Hall–Kier alpha value is -2.13. The van der Waals surface area contributed by atoms with Gasteiger partial charge in [0.1, 0.15) is 6.54 Å². The minimum absolute atomic E-state index is 0.0462. The first kappa shape index (κ1) is 20.9. The SMILES string of the molecule is CCOC(=O)N(C)CC(=O)NCCNS(=O)(=O)c1cc(C)ccc1C. The largest absolute Gasteiger partial charge is 0.450 e. The van der Waals surface area contributed by atoms with E-state index in [2.05, 4.69) is 10.0 Å². The van der Waals surface area contributed by atoms with Gasteiger partial charge >= 0.3 is 6.09 Å². The van der Waals surface area contributed by atoms with Crippen molar-refractivity contribution in [2.24, 2.45) is 0 Å². The first-order valence-electron chi connectivity index (χ1n) is 7.89. The van der Waals surface area contributed by atoms with Crippen LogP contribution in [0.4, 0.5) is 4.79 Å². The van der Waals surface area contributed by atoms with E-state index in [1.54, 1.807) is 26.0 Å². The van der Waals surface area contributed by atoms with Gasteiger partial charge in [0.2, 0.25) is 15.9 Å². The van der Waals surface area contributed by atoms with Crippen LogP contribution >= 0.6 is 0 Å². The highest BCUT2D eigenvalue weighted by molar-refractivity contribution is 7.89. The quantitative estimate of drug-likeness (QED) is 0.657. The molecule has 2 amide bonds. The zero-order valence-electron chi connectivity index (χ0n) is 15.0. The lowest BCUT2D eigenvalue weighted by molar-refractivity contribution is -0.121. The average Bonchev–Trinajstić information content (AvgIpc) is 2.54. The summed E-state index contributed by atoms with van der Waals surface area (Å²) in [7, 11) is -2.20. The van der Waals surface area contributed by atoms with Crippen LogP contribution in [0.15, 0.2) is 23.1 Å². The molecule has 1 rings (SSSR count). The van der Waals surface area contributed by atoms with E-state index in [9.17, 15) is 18.0 Å². The summed E-state index contributed by atoms with van der Waals surface area (Å²) in [6, 6.07) is 5.19. The molecule has 9 heteroatoms. The van der Waals surface area contributed by atoms with Gasteiger partial charge in [0.25, 0.3) is 0 Å². The molecule has 140 valence electrons. The number of benzene rings is 1. The van der Waals surface area contributed by atoms with E-state index < -0.39 is 22.0 Å². The summed E-state index contributed by atoms with van der Waals surface area (Å²) >= 11 is 0. The van der Waals surface area contributed by atoms with Gasteiger partial charge in [-0.25, -0.2) is 17.9 Å². The van der Waals surface area contributed by atoms with Crippen molar-refractivity contribution in [3.8, 4) is 0 Å². The Bertz CT molecular complexity index is 718. The van der Waals surface area contributed by atoms with Crippen LogP contribution in [0.25, 0.3) is 0 Å². The molecule has 0 bridgehead atoms. The second-order valence-corrected chi connectivity index (χ2v) is 7.31. The molecule has 1 aromatic carbocycles. The molecule has 0 spiro atoms. The highest BCUT2D eigenvalue weighted by Crippen LogP contribution is 2.16. The number of nitrogens with zero attached hydrogens (tertiary/aromatic N) is 1. The molecule has 0 unspecified atom stereocenters. The molecule has 2 N–H and O–H groups in total. The van der Waals surface area contributed by atoms with Gasteiger partial charge in [-0.3, -0.25) is 4.79 Å². The summed E-state index contributed by atoms with van der Waals surface area (Å²) in [5.41, 5.74) is 1.50. The molecule has 0 aliphatic carbocycles.